The van der Waals surface area contributed by atoms with Gasteiger partial charge in [0, 0.05) is 51.8 Å². The summed E-state index contributed by atoms with van der Waals surface area (Å²) in [6.45, 7) is 0.759. The normalized spacial score (nSPS) is 10.6. The number of hydrogen-bond acceptors (Lipinski definition) is 3. The summed E-state index contributed by atoms with van der Waals surface area (Å²) in [5.74, 6) is -0.681. The first kappa shape index (κ1) is 21.7. The number of pyridine rings is 1. The van der Waals surface area contributed by atoms with Crippen LogP contribution in [0.2, 0.25) is 0 Å². The minimum Gasteiger partial charge on any atom is -0.385 e. The largest absolute Gasteiger partial charge is 0.385 e. The molecule has 160 valence electrons. The highest BCUT2D eigenvalue weighted by molar-refractivity contribution is 9.10. The Balaban J connectivity index is 1.42. The van der Waals surface area contributed by atoms with Gasteiger partial charge in [0.15, 0.2) is 0 Å². The van der Waals surface area contributed by atoms with Crippen molar-refractivity contribution in [3.63, 3.8) is 0 Å². The molecule has 3 aromatic carbocycles. The van der Waals surface area contributed by atoms with E-state index >= 15 is 0 Å². The minimum absolute atomic E-state index is 0.293. The monoisotopic (exact) mass is 489 g/mol. The fourth-order valence-electron chi connectivity index (χ4n) is 3.37. The number of anilines is 2. The lowest BCUT2D eigenvalue weighted by molar-refractivity contribution is 0.102. The van der Waals surface area contributed by atoms with Crippen LogP contribution in [-0.4, -0.2) is 17.4 Å². The number of rotatable bonds is 7. The number of halogens is 2. The second kappa shape index (κ2) is 10.2. The van der Waals surface area contributed by atoms with Gasteiger partial charge in [0.05, 0.1) is 0 Å². The second-order valence-corrected chi connectivity index (χ2v) is 8.11. The van der Waals surface area contributed by atoms with Crippen LogP contribution in [0.3, 0.4) is 0 Å². The van der Waals surface area contributed by atoms with Crippen molar-refractivity contribution in [3.8, 4) is 11.1 Å². The van der Waals surface area contributed by atoms with Gasteiger partial charge in [-0.2, -0.15) is 0 Å². The van der Waals surface area contributed by atoms with Gasteiger partial charge in [-0.15, -0.1) is 0 Å². The van der Waals surface area contributed by atoms with Crippen molar-refractivity contribution in [3.05, 3.63) is 113 Å². The molecule has 0 spiro atoms. The van der Waals surface area contributed by atoms with Crippen LogP contribution in [0.15, 0.2) is 95.6 Å². The van der Waals surface area contributed by atoms with Crippen LogP contribution in [0.5, 0.6) is 0 Å². The molecule has 0 atom stereocenters. The van der Waals surface area contributed by atoms with Crippen LogP contribution >= 0.6 is 15.9 Å². The first-order valence-electron chi connectivity index (χ1n) is 10.2. The van der Waals surface area contributed by atoms with Gasteiger partial charge < -0.3 is 10.6 Å². The van der Waals surface area contributed by atoms with E-state index in [1.807, 2.05) is 42.5 Å². The minimum atomic E-state index is -0.388. The third kappa shape index (κ3) is 5.39. The summed E-state index contributed by atoms with van der Waals surface area (Å²) < 4.78 is 15.1. The standard InChI is InChI=1S/C26H21BrFN3O/c27-18-8-13-23(25(28)17-18)22-6-1-2-7-24(22)26(32)31-21-11-9-20(10-12-21)30-16-14-19-5-3-4-15-29-19/h1-13,15,17,30H,14,16H2,(H,31,32). The van der Waals surface area contributed by atoms with Crippen LogP contribution in [0.25, 0.3) is 11.1 Å². The SMILES string of the molecule is O=C(Nc1ccc(NCCc2ccccn2)cc1)c1ccccc1-c1ccc(Br)cc1F. The zero-order chi connectivity index (χ0) is 22.3. The molecule has 32 heavy (non-hydrogen) atoms. The molecule has 0 aliphatic rings. The molecular formula is C26H21BrFN3O. The van der Waals surface area contributed by atoms with Crippen molar-refractivity contribution >= 4 is 33.2 Å². The number of carbonyl (C=O) groups is 1. The second-order valence-electron chi connectivity index (χ2n) is 7.20. The molecule has 0 fully saturated rings. The predicted molar refractivity (Wildman–Crippen MR) is 130 cm³/mol. The molecule has 0 saturated carbocycles. The highest BCUT2D eigenvalue weighted by Crippen LogP contribution is 2.29. The predicted octanol–water partition coefficient (Wildman–Crippen LogP) is 6.56. The number of benzene rings is 3. The summed E-state index contributed by atoms with van der Waals surface area (Å²) >= 11 is 3.27. The lowest BCUT2D eigenvalue weighted by Gasteiger charge is -2.12. The van der Waals surface area contributed by atoms with Gasteiger partial charge in [-0.25, -0.2) is 4.39 Å². The molecule has 1 aromatic heterocycles. The molecular weight excluding hydrogens is 469 g/mol. The van der Waals surface area contributed by atoms with Crippen LogP contribution in [0.4, 0.5) is 15.8 Å². The molecule has 0 radical (unpaired) electrons. The number of nitrogens with one attached hydrogen (secondary N) is 2. The van der Waals surface area contributed by atoms with E-state index in [4.69, 9.17) is 0 Å². The van der Waals surface area contributed by atoms with Crippen molar-refractivity contribution in [1.82, 2.24) is 4.98 Å². The number of carbonyl (C=O) groups excluding carboxylic acids is 1. The van der Waals surface area contributed by atoms with Crippen LogP contribution in [-0.2, 0) is 6.42 Å². The van der Waals surface area contributed by atoms with Gasteiger partial charge in [0.25, 0.3) is 5.91 Å². The molecule has 4 rings (SSSR count). The Morgan fingerprint density at radius 2 is 1.62 bits per heavy atom. The summed E-state index contributed by atoms with van der Waals surface area (Å²) in [4.78, 5) is 17.2. The summed E-state index contributed by atoms with van der Waals surface area (Å²) in [6.07, 6.45) is 2.61. The van der Waals surface area contributed by atoms with Gasteiger partial charge in [-0.1, -0.05) is 46.3 Å². The van der Waals surface area contributed by atoms with Crippen LogP contribution in [0.1, 0.15) is 16.1 Å². The zero-order valence-electron chi connectivity index (χ0n) is 17.2. The summed E-state index contributed by atoms with van der Waals surface area (Å²) in [7, 11) is 0. The molecule has 0 aliphatic heterocycles. The van der Waals surface area contributed by atoms with E-state index in [2.05, 4.69) is 31.5 Å². The Kier molecular flexibility index (Phi) is 6.92. The molecule has 0 unspecified atom stereocenters. The van der Waals surface area contributed by atoms with Crippen molar-refractivity contribution in [1.29, 1.82) is 0 Å². The molecule has 1 amide bonds. The quantitative estimate of drug-likeness (QED) is 0.309. The lowest BCUT2D eigenvalue weighted by Crippen LogP contribution is -2.13. The van der Waals surface area contributed by atoms with E-state index in [0.717, 1.165) is 24.3 Å². The Hall–Kier alpha value is -3.51. The maximum absolute atomic E-state index is 14.5. The van der Waals surface area contributed by atoms with E-state index in [1.165, 1.54) is 6.07 Å². The van der Waals surface area contributed by atoms with Crippen molar-refractivity contribution in [2.24, 2.45) is 0 Å². The first-order chi connectivity index (χ1) is 15.6. The molecule has 4 aromatic rings. The smallest absolute Gasteiger partial charge is 0.256 e. The highest BCUT2D eigenvalue weighted by atomic mass is 79.9. The van der Waals surface area contributed by atoms with Crippen molar-refractivity contribution < 1.29 is 9.18 Å². The fraction of sp³-hybridized carbons (Fsp3) is 0.0769. The first-order valence-corrected chi connectivity index (χ1v) is 11.0. The summed E-state index contributed by atoms with van der Waals surface area (Å²) in [5, 5.41) is 6.25. The molecule has 0 bridgehead atoms. The maximum atomic E-state index is 14.5. The van der Waals surface area contributed by atoms with Gasteiger partial charge in [0.2, 0.25) is 0 Å². The number of nitrogens with zero attached hydrogens (tertiary/aromatic N) is 1. The van der Waals surface area contributed by atoms with Crippen LogP contribution in [0, 0.1) is 5.82 Å². The van der Waals surface area contributed by atoms with E-state index in [9.17, 15) is 9.18 Å². The molecule has 0 aliphatic carbocycles. The lowest BCUT2D eigenvalue weighted by atomic mass is 9.98. The van der Waals surface area contributed by atoms with Crippen LogP contribution < -0.4 is 10.6 Å². The molecule has 6 heteroatoms. The van der Waals surface area contributed by atoms with Gasteiger partial charge in [-0.3, -0.25) is 9.78 Å². The molecule has 2 N–H and O–H groups in total. The third-order valence-electron chi connectivity index (χ3n) is 4.97. The van der Waals surface area contributed by atoms with Crippen molar-refractivity contribution in [2.45, 2.75) is 6.42 Å². The number of hydrogen-bond donors (Lipinski definition) is 2. The zero-order valence-corrected chi connectivity index (χ0v) is 18.8. The third-order valence-corrected chi connectivity index (χ3v) is 5.47. The Bertz CT molecular complexity index is 1210. The van der Waals surface area contributed by atoms with E-state index in [-0.39, 0.29) is 11.7 Å². The van der Waals surface area contributed by atoms with E-state index < -0.39 is 0 Å². The van der Waals surface area contributed by atoms with Gasteiger partial charge in [-0.05, 0) is 60.2 Å². The fourth-order valence-corrected chi connectivity index (χ4v) is 3.71. The van der Waals surface area contributed by atoms with E-state index in [0.29, 0.717) is 26.9 Å². The van der Waals surface area contributed by atoms with Crippen molar-refractivity contribution in [2.75, 3.05) is 17.2 Å². The Morgan fingerprint density at radius 3 is 2.38 bits per heavy atom. The Labute approximate surface area is 194 Å². The number of aromatic nitrogens is 1. The summed E-state index contributed by atoms with van der Waals surface area (Å²) in [5.41, 5.74) is 3.98. The molecule has 1 heterocycles. The molecule has 0 saturated heterocycles. The molecule has 4 nitrogen and oxygen atoms in total. The number of amides is 1. The average molecular weight is 490 g/mol. The Morgan fingerprint density at radius 1 is 0.875 bits per heavy atom. The topological polar surface area (TPSA) is 54.0 Å². The summed E-state index contributed by atoms with van der Waals surface area (Å²) in [6, 6.07) is 25.2. The highest BCUT2D eigenvalue weighted by Gasteiger charge is 2.15. The average Bonchev–Trinajstić information content (AvgIpc) is 2.81. The van der Waals surface area contributed by atoms with Gasteiger partial charge in [0.1, 0.15) is 5.82 Å². The van der Waals surface area contributed by atoms with Gasteiger partial charge >= 0.3 is 0 Å². The maximum Gasteiger partial charge on any atom is 0.256 e. The van der Waals surface area contributed by atoms with E-state index in [1.54, 1.807) is 42.6 Å².